The minimum absolute atomic E-state index is 0.106. The van der Waals surface area contributed by atoms with Crippen LogP contribution in [0.5, 0.6) is 5.75 Å². The lowest BCUT2D eigenvalue weighted by molar-refractivity contribution is 0.0782. The molecule has 0 unspecified atom stereocenters. The fourth-order valence-corrected chi connectivity index (χ4v) is 3.13. The molecule has 2 heterocycles. The Kier molecular flexibility index (Phi) is 5.73. The number of carbonyl (C=O) groups excluding carboxylic acids is 1. The predicted molar refractivity (Wildman–Crippen MR) is 100 cm³/mol. The van der Waals surface area contributed by atoms with Crippen molar-refractivity contribution in [2.45, 2.75) is 6.42 Å². The van der Waals surface area contributed by atoms with Gasteiger partial charge in [0.2, 0.25) is 0 Å². The van der Waals surface area contributed by atoms with Crippen LogP contribution in [0.1, 0.15) is 16.9 Å². The molecule has 130 valence electrons. The number of H-pyrrole nitrogens is 1. The van der Waals surface area contributed by atoms with E-state index in [1.54, 1.807) is 41.5 Å². The quantitative estimate of drug-likeness (QED) is 0.625. The van der Waals surface area contributed by atoms with Crippen LogP contribution in [-0.4, -0.2) is 41.2 Å². The Balaban J connectivity index is 1.47. The van der Waals surface area contributed by atoms with Crippen LogP contribution in [0.15, 0.2) is 47.8 Å². The molecule has 0 spiro atoms. The molecule has 3 rings (SSSR count). The SMILES string of the molecule is CN(CCCOc1ccc(Cl)cc1)C(=O)c1cc(-c2cccs2)[nH]n1. The number of aromatic amines is 1. The standard InChI is InChI=1S/C18H18ClN3O2S/c1-22(9-3-10-24-14-7-5-13(19)6-8-14)18(23)16-12-15(20-21-16)17-4-2-11-25-17/h2,4-8,11-12H,3,9-10H2,1H3,(H,20,21). The van der Waals surface area contributed by atoms with Crippen LogP contribution in [0.25, 0.3) is 10.6 Å². The van der Waals surface area contributed by atoms with Gasteiger partial charge in [-0.25, -0.2) is 0 Å². The van der Waals surface area contributed by atoms with E-state index in [0.29, 0.717) is 23.9 Å². The largest absolute Gasteiger partial charge is 0.494 e. The van der Waals surface area contributed by atoms with Crippen LogP contribution in [0.2, 0.25) is 5.02 Å². The molecule has 0 saturated carbocycles. The van der Waals surface area contributed by atoms with Crippen LogP contribution in [0.4, 0.5) is 0 Å². The molecule has 0 aliphatic carbocycles. The molecule has 0 aliphatic rings. The maximum atomic E-state index is 12.4. The van der Waals surface area contributed by atoms with Crippen molar-refractivity contribution < 1.29 is 9.53 Å². The van der Waals surface area contributed by atoms with Gasteiger partial charge in [0.25, 0.3) is 5.91 Å². The zero-order valence-corrected chi connectivity index (χ0v) is 15.3. The molecule has 0 aliphatic heterocycles. The number of ether oxygens (including phenoxy) is 1. The highest BCUT2D eigenvalue weighted by Crippen LogP contribution is 2.23. The van der Waals surface area contributed by atoms with E-state index in [0.717, 1.165) is 22.7 Å². The Morgan fingerprint density at radius 1 is 1.32 bits per heavy atom. The molecule has 0 bridgehead atoms. The first-order valence-electron chi connectivity index (χ1n) is 7.86. The van der Waals surface area contributed by atoms with Crippen molar-refractivity contribution in [2.75, 3.05) is 20.2 Å². The van der Waals surface area contributed by atoms with Crippen molar-refractivity contribution >= 4 is 28.8 Å². The van der Waals surface area contributed by atoms with E-state index in [4.69, 9.17) is 16.3 Å². The van der Waals surface area contributed by atoms with Gasteiger partial charge in [-0.15, -0.1) is 11.3 Å². The molecule has 0 radical (unpaired) electrons. The number of carbonyl (C=O) groups is 1. The van der Waals surface area contributed by atoms with Gasteiger partial charge < -0.3 is 9.64 Å². The highest BCUT2D eigenvalue weighted by atomic mass is 35.5. The third-order valence-corrected chi connectivity index (χ3v) is 4.81. The van der Waals surface area contributed by atoms with E-state index in [2.05, 4.69) is 10.2 Å². The molecule has 1 amide bonds. The van der Waals surface area contributed by atoms with Crippen molar-refractivity contribution in [1.29, 1.82) is 0 Å². The number of halogens is 1. The summed E-state index contributed by atoms with van der Waals surface area (Å²) in [5.41, 5.74) is 1.28. The van der Waals surface area contributed by atoms with Crippen LogP contribution in [0, 0.1) is 0 Å². The molecule has 25 heavy (non-hydrogen) atoms. The van der Waals surface area contributed by atoms with Crippen molar-refractivity contribution in [2.24, 2.45) is 0 Å². The molecule has 1 N–H and O–H groups in total. The van der Waals surface area contributed by atoms with E-state index < -0.39 is 0 Å². The molecular formula is C18H18ClN3O2S. The number of hydrogen-bond donors (Lipinski definition) is 1. The molecule has 1 aromatic carbocycles. The van der Waals surface area contributed by atoms with Crippen LogP contribution in [0.3, 0.4) is 0 Å². The van der Waals surface area contributed by atoms with Gasteiger partial charge in [0.05, 0.1) is 17.2 Å². The van der Waals surface area contributed by atoms with Gasteiger partial charge in [-0.1, -0.05) is 17.7 Å². The summed E-state index contributed by atoms with van der Waals surface area (Å²) in [6.45, 7) is 1.12. The van der Waals surface area contributed by atoms with Gasteiger partial charge in [0.15, 0.2) is 5.69 Å². The highest BCUT2D eigenvalue weighted by molar-refractivity contribution is 7.13. The zero-order chi connectivity index (χ0) is 17.6. The molecule has 7 heteroatoms. The summed E-state index contributed by atoms with van der Waals surface area (Å²) < 4.78 is 5.63. The zero-order valence-electron chi connectivity index (χ0n) is 13.7. The Hall–Kier alpha value is -2.31. The van der Waals surface area contributed by atoms with E-state index in [9.17, 15) is 4.79 Å². The Morgan fingerprint density at radius 2 is 2.12 bits per heavy atom. The maximum absolute atomic E-state index is 12.4. The van der Waals surface area contributed by atoms with Gasteiger partial charge in [-0.2, -0.15) is 5.10 Å². The van der Waals surface area contributed by atoms with Crippen LogP contribution < -0.4 is 4.74 Å². The smallest absolute Gasteiger partial charge is 0.274 e. The van der Waals surface area contributed by atoms with Crippen molar-refractivity contribution in [3.8, 4) is 16.3 Å². The first-order chi connectivity index (χ1) is 12.1. The van der Waals surface area contributed by atoms with E-state index >= 15 is 0 Å². The third kappa shape index (κ3) is 4.61. The molecule has 5 nitrogen and oxygen atoms in total. The average Bonchev–Trinajstić information content (AvgIpc) is 3.30. The summed E-state index contributed by atoms with van der Waals surface area (Å²) in [5, 5.41) is 9.71. The number of benzene rings is 1. The first-order valence-corrected chi connectivity index (χ1v) is 9.12. The van der Waals surface area contributed by atoms with E-state index in [-0.39, 0.29) is 5.91 Å². The second-order valence-electron chi connectivity index (χ2n) is 5.53. The number of thiophene rings is 1. The Morgan fingerprint density at radius 3 is 2.84 bits per heavy atom. The molecule has 0 saturated heterocycles. The molecule has 2 aromatic heterocycles. The predicted octanol–water partition coefficient (Wildman–Crippen LogP) is 4.33. The summed E-state index contributed by atoms with van der Waals surface area (Å²) in [6, 6.07) is 13.0. The number of nitrogens with one attached hydrogen (secondary N) is 1. The fraction of sp³-hybridized carbons (Fsp3) is 0.222. The number of nitrogens with zero attached hydrogens (tertiary/aromatic N) is 2. The normalized spacial score (nSPS) is 10.6. The first kappa shape index (κ1) is 17.5. The van der Waals surface area contributed by atoms with Gasteiger partial charge in [0, 0.05) is 18.6 Å². The molecule has 3 aromatic rings. The third-order valence-electron chi connectivity index (χ3n) is 3.65. The van der Waals surface area contributed by atoms with Crippen molar-refractivity contribution in [1.82, 2.24) is 15.1 Å². The lowest BCUT2D eigenvalue weighted by Crippen LogP contribution is -2.28. The van der Waals surface area contributed by atoms with E-state index in [1.807, 2.05) is 29.6 Å². The van der Waals surface area contributed by atoms with Crippen LogP contribution in [-0.2, 0) is 0 Å². The summed E-state index contributed by atoms with van der Waals surface area (Å²) in [4.78, 5) is 15.1. The summed E-state index contributed by atoms with van der Waals surface area (Å²) in [7, 11) is 1.77. The topological polar surface area (TPSA) is 58.2 Å². The van der Waals surface area contributed by atoms with Crippen molar-refractivity contribution in [3.63, 3.8) is 0 Å². The molecule has 0 atom stereocenters. The van der Waals surface area contributed by atoms with Crippen LogP contribution >= 0.6 is 22.9 Å². The van der Waals surface area contributed by atoms with E-state index in [1.165, 1.54) is 0 Å². The maximum Gasteiger partial charge on any atom is 0.274 e. The second kappa shape index (κ2) is 8.18. The Labute approximate surface area is 155 Å². The number of amides is 1. The number of hydrogen-bond acceptors (Lipinski definition) is 4. The van der Waals surface area contributed by atoms with Gasteiger partial charge in [-0.3, -0.25) is 9.89 Å². The molecular weight excluding hydrogens is 358 g/mol. The van der Waals surface area contributed by atoms with Gasteiger partial charge >= 0.3 is 0 Å². The lowest BCUT2D eigenvalue weighted by atomic mass is 10.3. The number of rotatable bonds is 7. The summed E-state index contributed by atoms with van der Waals surface area (Å²) >= 11 is 7.44. The number of aromatic nitrogens is 2. The second-order valence-corrected chi connectivity index (χ2v) is 6.91. The van der Waals surface area contributed by atoms with Gasteiger partial charge in [0.1, 0.15) is 5.75 Å². The minimum Gasteiger partial charge on any atom is -0.494 e. The summed E-state index contributed by atoms with van der Waals surface area (Å²) in [6.07, 6.45) is 0.729. The average molecular weight is 376 g/mol. The lowest BCUT2D eigenvalue weighted by Gasteiger charge is -2.15. The van der Waals surface area contributed by atoms with Gasteiger partial charge in [-0.05, 0) is 48.2 Å². The minimum atomic E-state index is -0.106. The Bertz CT molecular complexity index is 815. The summed E-state index contributed by atoms with van der Waals surface area (Å²) in [5.74, 6) is 0.664. The van der Waals surface area contributed by atoms with Crippen molar-refractivity contribution in [3.05, 3.63) is 58.6 Å². The fourth-order valence-electron chi connectivity index (χ4n) is 2.31. The highest BCUT2D eigenvalue weighted by Gasteiger charge is 2.16. The molecule has 0 fully saturated rings. The monoisotopic (exact) mass is 375 g/mol.